The first-order valence-electron chi connectivity index (χ1n) is 6.39. The van der Waals surface area contributed by atoms with E-state index in [2.05, 4.69) is 5.32 Å². The standard InChI is InChI=1S/C12H16N4O3S2/c1-15-11(17)9-10(14)8(7-13)20-12(9)16-3-2-5-21(18,19)6-4-16/h2-6,14H2,1H3,(H,15,17). The number of nitrogens with two attached hydrogens (primary N) is 1. The van der Waals surface area contributed by atoms with Gasteiger partial charge in [0.05, 0.1) is 22.8 Å². The SMILES string of the molecule is CNC(=O)c1c(N2CCCS(=O)(=O)CC2)sc(C#N)c1N. The second-order valence-electron chi connectivity index (χ2n) is 4.71. The molecule has 1 saturated heterocycles. The zero-order valence-corrected chi connectivity index (χ0v) is 13.2. The molecule has 1 aromatic heterocycles. The lowest BCUT2D eigenvalue weighted by atomic mass is 10.2. The summed E-state index contributed by atoms with van der Waals surface area (Å²) in [6, 6.07) is 1.97. The summed E-state index contributed by atoms with van der Waals surface area (Å²) in [7, 11) is -1.55. The van der Waals surface area contributed by atoms with E-state index in [9.17, 15) is 13.2 Å². The monoisotopic (exact) mass is 328 g/mol. The lowest BCUT2D eigenvalue weighted by Crippen LogP contribution is -2.29. The lowest BCUT2D eigenvalue weighted by Gasteiger charge is -2.21. The molecule has 1 aliphatic rings. The van der Waals surface area contributed by atoms with E-state index < -0.39 is 9.84 Å². The van der Waals surface area contributed by atoms with Crippen LogP contribution in [0.3, 0.4) is 0 Å². The van der Waals surface area contributed by atoms with Gasteiger partial charge < -0.3 is 16.0 Å². The second-order valence-corrected chi connectivity index (χ2v) is 8.01. The largest absolute Gasteiger partial charge is 0.396 e. The summed E-state index contributed by atoms with van der Waals surface area (Å²) in [6.45, 7) is 0.825. The minimum atomic E-state index is -3.04. The molecule has 2 heterocycles. The molecule has 9 heteroatoms. The van der Waals surface area contributed by atoms with E-state index in [1.54, 1.807) is 0 Å². The van der Waals surface area contributed by atoms with E-state index in [0.717, 1.165) is 11.3 Å². The van der Waals surface area contributed by atoms with Crippen molar-refractivity contribution in [1.29, 1.82) is 5.26 Å². The molecule has 3 N–H and O–H groups in total. The van der Waals surface area contributed by atoms with Crippen LogP contribution in [0.15, 0.2) is 0 Å². The molecule has 0 saturated carbocycles. The Hall–Kier alpha value is -1.79. The fourth-order valence-electron chi connectivity index (χ4n) is 2.22. The third kappa shape index (κ3) is 3.11. The van der Waals surface area contributed by atoms with E-state index >= 15 is 0 Å². The van der Waals surface area contributed by atoms with Crippen LogP contribution in [-0.4, -0.2) is 46.0 Å². The molecule has 1 fully saturated rings. The maximum Gasteiger partial charge on any atom is 0.256 e. The average molecular weight is 328 g/mol. The Labute approximate surface area is 127 Å². The summed E-state index contributed by atoms with van der Waals surface area (Å²) in [5.74, 6) is -0.183. The van der Waals surface area contributed by atoms with Crippen LogP contribution in [0.4, 0.5) is 10.7 Å². The van der Waals surface area contributed by atoms with Crippen molar-refractivity contribution >= 4 is 37.8 Å². The summed E-state index contributed by atoms with van der Waals surface area (Å²) in [4.78, 5) is 14.1. The van der Waals surface area contributed by atoms with E-state index in [1.165, 1.54) is 7.05 Å². The number of nitrogens with zero attached hydrogens (tertiary/aromatic N) is 2. The Bertz CT molecular complexity index is 703. The Morgan fingerprint density at radius 1 is 1.43 bits per heavy atom. The molecular weight excluding hydrogens is 312 g/mol. The van der Waals surface area contributed by atoms with Gasteiger partial charge in [0, 0.05) is 20.1 Å². The highest BCUT2D eigenvalue weighted by Gasteiger charge is 2.27. The van der Waals surface area contributed by atoms with Crippen LogP contribution in [0.1, 0.15) is 21.7 Å². The number of sulfone groups is 1. The number of nitrogens with one attached hydrogen (secondary N) is 1. The first kappa shape index (κ1) is 15.6. The summed E-state index contributed by atoms with van der Waals surface area (Å²) in [6.07, 6.45) is 0.495. The van der Waals surface area contributed by atoms with Crippen LogP contribution in [0, 0.1) is 11.3 Å². The fourth-order valence-corrected chi connectivity index (χ4v) is 4.56. The zero-order valence-electron chi connectivity index (χ0n) is 11.5. The minimum Gasteiger partial charge on any atom is -0.396 e. The van der Waals surface area contributed by atoms with Gasteiger partial charge in [-0.25, -0.2) is 8.42 Å². The number of hydrogen-bond acceptors (Lipinski definition) is 7. The molecule has 0 spiro atoms. The summed E-state index contributed by atoms with van der Waals surface area (Å²) in [5.41, 5.74) is 6.29. The molecule has 2 rings (SSSR count). The first-order chi connectivity index (χ1) is 9.89. The number of rotatable bonds is 2. The van der Waals surface area contributed by atoms with Crippen LogP contribution < -0.4 is 16.0 Å². The average Bonchev–Trinajstić information content (AvgIpc) is 2.66. The van der Waals surface area contributed by atoms with Gasteiger partial charge in [-0.15, -0.1) is 11.3 Å². The van der Waals surface area contributed by atoms with Crippen LogP contribution in [-0.2, 0) is 9.84 Å². The van der Waals surface area contributed by atoms with Gasteiger partial charge in [0.2, 0.25) is 0 Å². The van der Waals surface area contributed by atoms with Crippen LogP contribution >= 0.6 is 11.3 Å². The highest BCUT2D eigenvalue weighted by Crippen LogP contribution is 2.38. The molecule has 1 aliphatic heterocycles. The van der Waals surface area contributed by atoms with Crippen molar-refractivity contribution in [1.82, 2.24) is 5.32 Å². The first-order valence-corrected chi connectivity index (χ1v) is 9.03. The van der Waals surface area contributed by atoms with Crippen molar-refractivity contribution < 1.29 is 13.2 Å². The van der Waals surface area contributed by atoms with Gasteiger partial charge in [0.25, 0.3) is 5.91 Å². The fraction of sp³-hybridized carbons (Fsp3) is 0.500. The van der Waals surface area contributed by atoms with Crippen molar-refractivity contribution in [3.05, 3.63) is 10.4 Å². The third-order valence-electron chi connectivity index (χ3n) is 3.33. The van der Waals surface area contributed by atoms with Crippen molar-refractivity contribution in [2.45, 2.75) is 6.42 Å². The molecule has 0 radical (unpaired) electrons. The van der Waals surface area contributed by atoms with Crippen LogP contribution in [0.25, 0.3) is 0 Å². The zero-order chi connectivity index (χ0) is 15.6. The van der Waals surface area contributed by atoms with E-state index in [4.69, 9.17) is 11.0 Å². The molecule has 1 aromatic rings. The molecule has 1 amide bonds. The van der Waals surface area contributed by atoms with Gasteiger partial charge in [-0.2, -0.15) is 5.26 Å². The number of amides is 1. The Morgan fingerprint density at radius 2 is 2.14 bits per heavy atom. The third-order valence-corrected chi connectivity index (χ3v) is 6.21. The Kier molecular flexibility index (Phi) is 4.39. The maximum atomic E-state index is 12.0. The summed E-state index contributed by atoms with van der Waals surface area (Å²) in [5, 5.41) is 12.2. The van der Waals surface area contributed by atoms with Crippen LogP contribution in [0.5, 0.6) is 0 Å². The summed E-state index contributed by atoms with van der Waals surface area (Å²) < 4.78 is 23.3. The van der Waals surface area contributed by atoms with Crippen molar-refractivity contribution in [2.24, 2.45) is 0 Å². The van der Waals surface area contributed by atoms with E-state index in [0.29, 0.717) is 24.5 Å². The Morgan fingerprint density at radius 3 is 2.76 bits per heavy atom. The number of carbonyl (C=O) groups is 1. The molecule has 0 bridgehead atoms. The molecule has 0 atom stereocenters. The van der Waals surface area contributed by atoms with Gasteiger partial charge in [0.1, 0.15) is 15.9 Å². The van der Waals surface area contributed by atoms with Crippen molar-refractivity contribution in [3.63, 3.8) is 0 Å². The van der Waals surface area contributed by atoms with E-state index in [-0.39, 0.29) is 33.5 Å². The molecule has 114 valence electrons. The molecular formula is C12H16N4O3S2. The van der Waals surface area contributed by atoms with Crippen LogP contribution in [0.2, 0.25) is 0 Å². The molecule has 0 aromatic carbocycles. The number of anilines is 2. The lowest BCUT2D eigenvalue weighted by molar-refractivity contribution is 0.0965. The predicted molar refractivity (Wildman–Crippen MR) is 82.3 cm³/mol. The highest BCUT2D eigenvalue weighted by atomic mass is 32.2. The number of nitriles is 1. The van der Waals surface area contributed by atoms with Gasteiger partial charge in [-0.05, 0) is 6.42 Å². The highest BCUT2D eigenvalue weighted by molar-refractivity contribution is 7.91. The van der Waals surface area contributed by atoms with Crippen molar-refractivity contribution in [2.75, 3.05) is 42.3 Å². The maximum absolute atomic E-state index is 12.0. The number of thiophene rings is 1. The second kappa shape index (κ2) is 5.91. The predicted octanol–water partition coefficient (Wildman–Crippen LogP) is 0.186. The van der Waals surface area contributed by atoms with Gasteiger partial charge in [-0.3, -0.25) is 4.79 Å². The minimum absolute atomic E-state index is 0.0415. The summed E-state index contributed by atoms with van der Waals surface area (Å²) >= 11 is 1.13. The van der Waals surface area contributed by atoms with Gasteiger partial charge in [-0.1, -0.05) is 0 Å². The van der Waals surface area contributed by atoms with Gasteiger partial charge in [0.15, 0.2) is 9.84 Å². The molecule has 0 aliphatic carbocycles. The number of carbonyl (C=O) groups excluding carboxylic acids is 1. The van der Waals surface area contributed by atoms with E-state index in [1.807, 2.05) is 11.0 Å². The topological polar surface area (TPSA) is 116 Å². The quantitative estimate of drug-likeness (QED) is 0.800. The van der Waals surface area contributed by atoms with Crippen molar-refractivity contribution in [3.8, 4) is 6.07 Å². The smallest absolute Gasteiger partial charge is 0.256 e. The Balaban J connectivity index is 2.44. The van der Waals surface area contributed by atoms with Gasteiger partial charge >= 0.3 is 0 Å². The number of hydrogen-bond donors (Lipinski definition) is 2. The normalized spacial score (nSPS) is 17.8. The molecule has 7 nitrogen and oxygen atoms in total. The number of nitrogen functional groups attached to an aromatic ring is 1. The molecule has 0 unspecified atom stereocenters. The molecule has 21 heavy (non-hydrogen) atoms.